The third-order valence-electron chi connectivity index (χ3n) is 1.60. The molecule has 1 aromatic heterocycles. The van der Waals surface area contributed by atoms with Crippen molar-refractivity contribution in [2.45, 2.75) is 0 Å². The van der Waals surface area contributed by atoms with Crippen molar-refractivity contribution in [2.75, 3.05) is 37.8 Å². The molecular formula is C8H15N5. The Hall–Kier alpha value is -1.36. The first-order valence-electron chi connectivity index (χ1n) is 4.25. The predicted molar refractivity (Wildman–Crippen MR) is 54.0 cm³/mol. The molecule has 0 aromatic carbocycles. The fraction of sp³-hybridized carbons (Fsp3) is 0.500. The van der Waals surface area contributed by atoms with E-state index in [4.69, 9.17) is 0 Å². The molecule has 0 aliphatic rings. The zero-order valence-corrected chi connectivity index (χ0v) is 7.96. The average Bonchev–Trinajstić information content (AvgIpc) is 2.19. The number of likely N-dealkylation sites (N-methyl/N-ethyl adjacent to an activating group) is 1. The Morgan fingerprint density at radius 1 is 1.15 bits per heavy atom. The second-order valence-corrected chi connectivity index (χ2v) is 2.57. The lowest BCUT2D eigenvalue weighted by Gasteiger charge is -2.05. The Kier molecular flexibility index (Phi) is 3.98. The summed E-state index contributed by atoms with van der Waals surface area (Å²) in [5.74, 6) is 1.66. The number of nitrogens with one attached hydrogen (secondary N) is 3. The van der Waals surface area contributed by atoms with E-state index in [0.717, 1.165) is 24.7 Å². The molecule has 0 fully saturated rings. The highest BCUT2D eigenvalue weighted by Gasteiger charge is 1.94. The highest BCUT2D eigenvalue weighted by molar-refractivity contribution is 5.45. The zero-order valence-electron chi connectivity index (χ0n) is 7.96. The first-order valence-corrected chi connectivity index (χ1v) is 4.25. The van der Waals surface area contributed by atoms with Crippen LogP contribution in [0.15, 0.2) is 12.4 Å². The van der Waals surface area contributed by atoms with E-state index >= 15 is 0 Å². The Labute approximate surface area is 78.0 Å². The van der Waals surface area contributed by atoms with Crippen LogP contribution in [-0.4, -0.2) is 37.2 Å². The van der Waals surface area contributed by atoms with Gasteiger partial charge in [-0.2, -0.15) is 0 Å². The molecule has 5 nitrogen and oxygen atoms in total. The van der Waals surface area contributed by atoms with Gasteiger partial charge in [0.1, 0.15) is 18.0 Å². The maximum absolute atomic E-state index is 4.07. The molecule has 13 heavy (non-hydrogen) atoms. The Morgan fingerprint density at radius 2 is 1.92 bits per heavy atom. The highest BCUT2D eigenvalue weighted by atomic mass is 15.1. The predicted octanol–water partition coefficient (Wildman–Crippen LogP) is 0.150. The summed E-state index contributed by atoms with van der Waals surface area (Å²) in [6.45, 7) is 1.77. The lowest BCUT2D eigenvalue weighted by atomic mass is 10.5. The van der Waals surface area contributed by atoms with Crippen LogP contribution in [0.2, 0.25) is 0 Å². The van der Waals surface area contributed by atoms with Gasteiger partial charge in [-0.25, -0.2) is 9.97 Å². The maximum atomic E-state index is 4.07. The van der Waals surface area contributed by atoms with Crippen molar-refractivity contribution in [1.82, 2.24) is 15.3 Å². The van der Waals surface area contributed by atoms with Crippen LogP contribution in [0.4, 0.5) is 11.6 Å². The molecule has 1 aromatic rings. The normalized spacial score (nSPS) is 9.69. The van der Waals surface area contributed by atoms with Crippen LogP contribution in [0.25, 0.3) is 0 Å². The third-order valence-corrected chi connectivity index (χ3v) is 1.60. The van der Waals surface area contributed by atoms with E-state index in [9.17, 15) is 0 Å². The minimum atomic E-state index is 0.821. The summed E-state index contributed by atoms with van der Waals surface area (Å²) in [6.07, 6.45) is 1.54. The van der Waals surface area contributed by atoms with Gasteiger partial charge < -0.3 is 16.0 Å². The zero-order chi connectivity index (χ0) is 9.52. The van der Waals surface area contributed by atoms with E-state index < -0.39 is 0 Å². The molecular weight excluding hydrogens is 166 g/mol. The van der Waals surface area contributed by atoms with Crippen LogP contribution in [0.3, 0.4) is 0 Å². The molecule has 0 bridgehead atoms. The molecule has 1 rings (SSSR count). The fourth-order valence-corrected chi connectivity index (χ4v) is 0.906. The molecule has 0 radical (unpaired) electrons. The van der Waals surface area contributed by atoms with Crippen LogP contribution >= 0.6 is 0 Å². The van der Waals surface area contributed by atoms with E-state index in [-0.39, 0.29) is 0 Å². The first-order chi connectivity index (χ1) is 6.36. The van der Waals surface area contributed by atoms with Gasteiger partial charge in [0, 0.05) is 26.2 Å². The number of rotatable bonds is 5. The molecule has 5 heteroatoms. The minimum Gasteiger partial charge on any atom is -0.373 e. The summed E-state index contributed by atoms with van der Waals surface area (Å²) in [5.41, 5.74) is 0. The molecule has 1 heterocycles. The molecule has 3 N–H and O–H groups in total. The molecule has 72 valence electrons. The van der Waals surface area contributed by atoms with Crippen molar-refractivity contribution >= 4 is 11.6 Å². The van der Waals surface area contributed by atoms with Gasteiger partial charge in [-0.3, -0.25) is 0 Å². The lowest BCUT2D eigenvalue weighted by Crippen LogP contribution is -2.18. The second-order valence-electron chi connectivity index (χ2n) is 2.57. The monoisotopic (exact) mass is 181 g/mol. The number of anilines is 2. The number of aromatic nitrogens is 2. The quantitative estimate of drug-likeness (QED) is 0.564. The Balaban J connectivity index is 2.46. The SMILES string of the molecule is CNCCNc1cc(NC)ncn1. The van der Waals surface area contributed by atoms with Crippen LogP contribution in [0.5, 0.6) is 0 Å². The van der Waals surface area contributed by atoms with Crippen molar-refractivity contribution in [1.29, 1.82) is 0 Å². The molecule has 0 aliphatic heterocycles. The van der Waals surface area contributed by atoms with Crippen LogP contribution in [0.1, 0.15) is 0 Å². The fourth-order valence-electron chi connectivity index (χ4n) is 0.906. The molecule has 0 saturated carbocycles. The van der Waals surface area contributed by atoms with Crippen molar-refractivity contribution < 1.29 is 0 Å². The van der Waals surface area contributed by atoms with Gasteiger partial charge in [0.2, 0.25) is 0 Å². The van der Waals surface area contributed by atoms with Crippen molar-refractivity contribution in [3.8, 4) is 0 Å². The standard InChI is InChI=1S/C8H15N5/c1-9-3-4-11-8-5-7(10-2)12-6-13-8/h5-6,9H,3-4H2,1-2H3,(H2,10,11,12,13). The van der Waals surface area contributed by atoms with E-state index in [0.29, 0.717) is 0 Å². The molecule has 0 atom stereocenters. The topological polar surface area (TPSA) is 61.9 Å². The molecule has 0 spiro atoms. The Bertz CT molecular complexity index is 250. The molecule has 0 amide bonds. The van der Waals surface area contributed by atoms with Gasteiger partial charge in [0.15, 0.2) is 0 Å². The summed E-state index contributed by atoms with van der Waals surface area (Å²) < 4.78 is 0. The Morgan fingerprint density at radius 3 is 2.62 bits per heavy atom. The van der Waals surface area contributed by atoms with E-state index in [2.05, 4.69) is 25.9 Å². The minimum absolute atomic E-state index is 0.821. The van der Waals surface area contributed by atoms with Crippen LogP contribution in [-0.2, 0) is 0 Å². The van der Waals surface area contributed by atoms with Gasteiger partial charge in [0.05, 0.1) is 0 Å². The average molecular weight is 181 g/mol. The summed E-state index contributed by atoms with van der Waals surface area (Å²) in [5, 5.41) is 9.16. The maximum Gasteiger partial charge on any atom is 0.131 e. The molecule has 0 aliphatic carbocycles. The highest BCUT2D eigenvalue weighted by Crippen LogP contribution is 2.06. The number of hydrogen-bond acceptors (Lipinski definition) is 5. The van der Waals surface area contributed by atoms with Gasteiger partial charge in [-0.1, -0.05) is 0 Å². The smallest absolute Gasteiger partial charge is 0.131 e. The van der Waals surface area contributed by atoms with Crippen molar-refractivity contribution in [2.24, 2.45) is 0 Å². The van der Waals surface area contributed by atoms with Crippen molar-refractivity contribution in [3.63, 3.8) is 0 Å². The van der Waals surface area contributed by atoms with E-state index in [1.165, 1.54) is 6.33 Å². The third kappa shape index (κ3) is 3.25. The number of nitrogens with zero attached hydrogens (tertiary/aromatic N) is 2. The van der Waals surface area contributed by atoms with Crippen molar-refractivity contribution in [3.05, 3.63) is 12.4 Å². The summed E-state index contributed by atoms with van der Waals surface area (Å²) in [6, 6.07) is 1.87. The van der Waals surface area contributed by atoms with Crippen LogP contribution in [0, 0.1) is 0 Å². The van der Waals surface area contributed by atoms with E-state index in [1.807, 2.05) is 20.2 Å². The molecule has 0 unspecified atom stereocenters. The number of hydrogen-bond donors (Lipinski definition) is 3. The second kappa shape index (κ2) is 5.31. The molecule has 0 saturated heterocycles. The van der Waals surface area contributed by atoms with Gasteiger partial charge in [-0.05, 0) is 7.05 Å². The van der Waals surface area contributed by atoms with Crippen LogP contribution < -0.4 is 16.0 Å². The van der Waals surface area contributed by atoms with Gasteiger partial charge in [-0.15, -0.1) is 0 Å². The first kappa shape index (κ1) is 9.73. The van der Waals surface area contributed by atoms with E-state index in [1.54, 1.807) is 0 Å². The van der Waals surface area contributed by atoms with Gasteiger partial charge >= 0.3 is 0 Å². The summed E-state index contributed by atoms with van der Waals surface area (Å²) in [4.78, 5) is 8.08. The van der Waals surface area contributed by atoms with Gasteiger partial charge in [0.25, 0.3) is 0 Å². The largest absolute Gasteiger partial charge is 0.373 e. The lowest BCUT2D eigenvalue weighted by molar-refractivity contribution is 0.821. The summed E-state index contributed by atoms with van der Waals surface area (Å²) in [7, 11) is 3.75. The summed E-state index contributed by atoms with van der Waals surface area (Å²) >= 11 is 0.